The van der Waals surface area contributed by atoms with Gasteiger partial charge in [-0.2, -0.15) is 0 Å². The first-order valence-electron chi connectivity index (χ1n) is 4.75. The number of thiophene rings is 1. The molecule has 2 heterocycles. The van der Waals surface area contributed by atoms with Gasteiger partial charge in [0.1, 0.15) is 5.69 Å². The monoisotopic (exact) mass is 269 g/mol. The first-order valence-corrected chi connectivity index (χ1v) is 5.95. The molecular weight excluding hydrogens is 262 g/mol. The van der Waals surface area contributed by atoms with Crippen molar-refractivity contribution in [2.24, 2.45) is 0 Å². The number of halogens is 1. The first kappa shape index (κ1) is 11.9. The lowest BCUT2D eigenvalue weighted by atomic mass is 10.3. The Hall–Kier alpha value is -1.59. The zero-order valence-corrected chi connectivity index (χ0v) is 10.2. The molecule has 0 bridgehead atoms. The molecule has 2 aromatic heterocycles. The van der Waals surface area contributed by atoms with Crippen LogP contribution in [0.25, 0.3) is 0 Å². The van der Waals surface area contributed by atoms with Gasteiger partial charge in [0.15, 0.2) is 0 Å². The average molecular weight is 270 g/mol. The quantitative estimate of drug-likeness (QED) is 0.930. The molecule has 0 aliphatic rings. The van der Waals surface area contributed by atoms with Crippen molar-refractivity contribution in [1.82, 2.24) is 4.57 Å². The van der Waals surface area contributed by atoms with Gasteiger partial charge in [-0.15, -0.1) is 11.3 Å². The Kier molecular flexibility index (Phi) is 3.31. The van der Waals surface area contributed by atoms with E-state index in [-0.39, 0.29) is 17.8 Å². The minimum Gasteiger partial charge on any atom is -0.477 e. The predicted octanol–water partition coefficient (Wildman–Crippen LogP) is 2.31. The number of carbonyl (C=O) groups is 1. The lowest BCUT2D eigenvalue weighted by Gasteiger charge is -2.07. The Morgan fingerprint density at radius 2 is 2.12 bits per heavy atom. The number of hydrogen-bond acceptors (Lipinski definition) is 3. The Morgan fingerprint density at radius 1 is 1.35 bits per heavy atom. The van der Waals surface area contributed by atoms with Crippen LogP contribution >= 0.6 is 22.9 Å². The van der Waals surface area contributed by atoms with Crippen LogP contribution in [-0.2, 0) is 6.54 Å². The van der Waals surface area contributed by atoms with E-state index in [9.17, 15) is 9.59 Å². The normalized spacial score (nSPS) is 10.4. The molecule has 0 spiro atoms. The van der Waals surface area contributed by atoms with E-state index in [0.717, 1.165) is 4.88 Å². The van der Waals surface area contributed by atoms with Gasteiger partial charge in [0.05, 0.1) is 10.9 Å². The molecule has 17 heavy (non-hydrogen) atoms. The summed E-state index contributed by atoms with van der Waals surface area (Å²) < 4.78 is 1.82. The highest BCUT2D eigenvalue weighted by Gasteiger charge is 2.11. The second kappa shape index (κ2) is 4.73. The summed E-state index contributed by atoms with van der Waals surface area (Å²) in [4.78, 5) is 23.5. The number of rotatable bonds is 3. The number of nitrogens with zero attached hydrogens (tertiary/aromatic N) is 1. The summed E-state index contributed by atoms with van der Waals surface area (Å²) in [6, 6.07) is 7.67. The van der Waals surface area contributed by atoms with Crippen molar-refractivity contribution in [3.8, 4) is 0 Å². The summed E-state index contributed by atoms with van der Waals surface area (Å²) in [5.74, 6) is -1.12. The molecule has 0 unspecified atom stereocenters. The minimum atomic E-state index is -1.12. The predicted molar refractivity (Wildman–Crippen MR) is 66.1 cm³/mol. The van der Waals surface area contributed by atoms with Gasteiger partial charge < -0.3 is 5.11 Å². The molecule has 2 aromatic rings. The molecule has 0 saturated carbocycles. The largest absolute Gasteiger partial charge is 0.477 e. The first-order chi connectivity index (χ1) is 8.08. The van der Waals surface area contributed by atoms with Crippen molar-refractivity contribution in [3.63, 3.8) is 0 Å². The number of pyridine rings is 1. The van der Waals surface area contributed by atoms with Gasteiger partial charge in [0.2, 0.25) is 0 Å². The Morgan fingerprint density at radius 3 is 2.71 bits per heavy atom. The molecule has 4 nitrogen and oxygen atoms in total. The highest BCUT2D eigenvalue weighted by molar-refractivity contribution is 7.16. The van der Waals surface area contributed by atoms with Crippen molar-refractivity contribution in [3.05, 3.63) is 55.6 Å². The van der Waals surface area contributed by atoms with Gasteiger partial charge in [-0.3, -0.25) is 9.36 Å². The van der Waals surface area contributed by atoms with E-state index in [2.05, 4.69) is 0 Å². The molecule has 0 aliphatic heterocycles. The molecule has 0 radical (unpaired) electrons. The van der Waals surface area contributed by atoms with Crippen LogP contribution in [0.15, 0.2) is 35.1 Å². The van der Waals surface area contributed by atoms with Crippen molar-refractivity contribution >= 4 is 28.9 Å². The Bertz CT molecular complexity index is 617. The average Bonchev–Trinajstić information content (AvgIpc) is 2.67. The fourth-order valence-electron chi connectivity index (χ4n) is 1.46. The number of carboxylic acid groups (broad SMARTS) is 1. The highest BCUT2D eigenvalue weighted by atomic mass is 35.5. The summed E-state index contributed by atoms with van der Waals surface area (Å²) in [6.07, 6.45) is 0. The fourth-order valence-corrected chi connectivity index (χ4v) is 2.54. The van der Waals surface area contributed by atoms with Crippen LogP contribution in [0.4, 0.5) is 0 Å². The maximum absolute atomic E-state index is 11.6. The van der Waals surface area contributed by atoms with Crippen molar-refractivity contribution < 1.29 is 9.90 Å². The molecule has 0 amide bonds. The smallest absolute Gasteiger partial charge is 0.352 e. The second-order valence-corrected chi connectivity index (χ2v) is 5.15. The zero-order chi connectivity index (χ0) is 12.4. The van der Waals surface area contributed by atoms with E-state index in [1.165, 1.54) is 34.1 Å². The van der Waals surface area contributed by atoms with Gasteiger partial charge in [0.25, 0.3) is 5.56 Å². The SMILES string of the molecule is O=C(O)c1cccc(=O)n1Cc1ccc(Cl)s1. The third-order valence-electron chi connectivity index (χ3n) is 2.21. The third-order valence-corrected chi connectivity index (χ3v) is 3.43. The van der Waals surface area contributed by atoms with E-state index in [1.807, 2.05) is 0 Å². The summed E-state index contributed by atoms with van der Waals surface area (Å²) in [5, 5.41) is 8.99. The van der Waals surface area contributed by atoms with Gasteiger partial charge in [-0.05, 0) is 18.2 Å². The minimum absolute atomic E-state index is 0.0259. The van der Waals surface area contributed by atoms with Crippen molar-refractivity contribution in [1.29, 1.82) is 0 Å². The molecule has 2 rings (SSSR count). The van der Waals surface area contributed by atoms with Crippen molar-refractivity contribution in [2.75, 3.05) is 0 Å². The van der Waals surface area contributed by atoms with Gasteiger partial charge in [-0.1, -0.05) is 17.7 Å². The van der Waals surface area contributed by atoms with Crippen LogP contribution in [0.5, 0.6) is 0 Å². The molecule has 0 fully saturated rings. The van der Waals surface area contributed by atoms with Crippen LogP contribution in [0.3, 0.4) is 0 Å². The fraction of sp³-hybridized carbons (Fsp3) is 0.0909. The summed E-state index contributed by atoms with van der Waals surface area (Å²) in [7, 11) is 0. The van der Waals surface area contributed by atoms with Crippen LogP contribution < -0.4 is 5.56 Å². The van der Waals surface area contributed by atoms with E-state index in [4.69, 9.17) is 16.7 Å². The molecule has 0 aliphatic carbocycles. The van der Waals surface area contributed by atoms with E-state index in [1.54, 1.807) is 12.1 Å². The second-order valence-electron chi connectivity index (χ2n) is 3.35. The van der Waals surface area contributed by atoms with Gasteiger partial charge in [0, 0.05) is 10.9 Å². The number of carboxylic acids is 1. The number of aromatic carboxylic acids is 1. The third kappa shape index (κ3) is 2.57. The standard InChI is InChI=1S/C11H8ClNO3S/c12-9-5-4-7(17-9)6-13-8(11(15)16)2-1-3-10(13)14/h1-5H,6H2,(H,15,16). The zero-order valence-electron chi connectivity index (χ0n) is 8.59. The maximum atomic E-state index is 11.6. The molecule has 6 heteroatoms. The van der Waals surface area contributed by atoms with Crippen LogP contribution in [-0.4, -0.2) is 15.6 Å². The van der Waals surface area contributed by atoms with Crippen LogP contribution in [0, 0.1) is 0 Å². The number of aromatic nitrogens is 1. The number of hydrogen-bond donors (Lipinski definition) is 1. The van der Waals surface area contributed by atoms with Gasteiger partial charge in [-0.25, -0.2) is 4.79 Å². The van der Waals surface area contributed by atoms with Crippen LogP contribution in [0.1, 0.15) is 15.4 Å². The molecule has 1 N–H and O–H groups in total. The molecule has 88 valence electrons. The summed E-state index contributed by atoms with van der Waals surface area (Å²) in [5.41, 5.74) is -0.364. The summed E-state index contributed by atoms with van der Waals surface area (Å²) >= 11 is 7.11. The highest BCUT2D eigenvalue weighted by Crippen LogP contribution is 2.22. The van der Waals surface area contributed by atoms with Crippen LogP contribution in [0.2, 0.25) is 4.34 Å². The summed E-state index contributed by atoms with van der Waals surface area (Å²) in [6.45, 7) is 0.221. The van der Waals surface area contributed by atoms with Crippen molar-refractivity contribution in [2.45, 2.75) is 6.54 Å². The lowest BCUT2D eigenvalue weighted by molar-refractivity contribution is 0.0684. The Labute approximate surface area is 106 Å². The van der Waals surface area contributed by atoms with Gasteiger partial charge >= 0.3 is 5.97 Å². The molecular formula is C11H8ClNO3S. The van der Waals surface area contributed by atoms with E-state index < -0.39 is 5.97 Å². The maximum Gasteiger partial charge on any atom is 0.352 e. The molecule has 0 aromatic carbocycles. The Balaban J connectivity index is 2.44. The molecule has 0 atom stereocenters. The van der Waals surface area contributed by atoms with E-state index in [0.29, 0.717) is 4.34 Å². The molecule has 0 saturated heterocycles. The van der Waals surface area contributed by atoms with E-state index >= 15 is 0 Å². The lowest BCUT2D eigenvalue weighted by Crippen LogP contribution is -2.25. The topological polar surface area (TPSA) is 59.3 Å².